The number of nitrogens with zero attached hydrogens (tertiary/aromatic N) is 2. The van der Waals surface area contributed by atoms with Crippen LogP contribution < -0.4 is 5.32 Å². The van der Waals surface area contributed by atoms with Crippen molar-refractivity contribution in [1.29, 1.82) is 0 Å². The first-order chi connectivity index (χ1) is 8.34. The van der Waals surface area contributed by atoms with Gasteiger partial charge in [0.15, 0.2) is 0 Å². The van der Waals surface area contributed by atoms with Crippen LogP contribution in [0.3, 0.4) is 0 Å². The molecule has 1 saturated heterocycles. The Morgan fingerprint density at radius 3 is 2.28 bits per heavy atom. The van der Waals surface area contributed by atoms with Gasteiger partial charge in [-0.1, -0.05) is 27.7 Å². The van der Waals surface area contributed by atoms with Crippen molar-refractivity contribution in [1.82, 2.24) is 15.1 Å². The summed E-state index contributed by atoms with van der Waals surface area (Å²) in [6, 6.07) is -0.00300. The van der Waals surface area contributed by atoms with Crippen LogP contribution in [0.4, 0.5) is 0 Å². The van der Waals surface area contributed by atoms with Gasteiger partial charge in [-0.15, -0.1) is 0 Å². The van der Waals surface area contributed by atoms with E-state index in [1.165, 1.54) is 0 Å². The molecule has 2 unspecified atom stereocenters. The van der Waals surface area contributed by atoms with Crippen molar-refractivity contribution < 1.29 is 4.79 Å². The van der Waals surface area contributed by atoms with Gasteiger partial charge in [-0.25, -0.2) is 0 Å². The van der Waals surface area contributed by atoms with Crippen molar-refractivity contribution in [3.8, 4) is 0 Å². The van der Waals surface area contributed by atoms with Crippen molar-refractivity contribution in [3.63, 3.8) is 0 Å². The fraction of sp³-hybridized carbons (Fsp3) is 0.929. The molecule has 0 saturated carbocycles. The lowest BCUT2D eigenvalue weighted by molar-refractivity contribution is -0.131. The van der Waals surface area contributed by atoms with Gasteiger partial charge < -0.3 is 9.80 Å². The predicted octanol–water partition coefficient (Wildman–Crippen LogP) is 1.38. The molecule has 1 rings (SSSR count). The van der Waals surface area contributed by atoms with Crippen LogP contribution in [-0.4, -0.2) is 55.1 Å². The molecule has 106 valence electrons. The third kappa shape index (κ3) is 3.69. The number of hydrogen-bond acceptors (Lipinski definition) is 3. The Kier molecular flexibility index (Phi) is 5.60. The average Bonchev–Trinajstić information content (AvgIpc) is 2.56. The molecule has 1 amide bonds. The molecule has 0 spiro atoms. The highest BCUT2D eigenvalue weighted by Crippen LogP contribution is 2.21. The number of carbonyl (C=O) groups excluding carboxylic acids is 1. The van der Waals surface area contributed by atoms with Crippen LogP contribution >= 0.6 is 0 Å². The minimum absolute atomic E-state index is 0.00300. The summed E-state index contributed by atoms with van der Waals surface area (Å²) in [7, 11) is 4.14. The summed E-state index contributed by atoms with van der Waals surface area (Å²) in [6.45, 7) is 10.4. The van der Waals surface area contributed by atoms with E-state index in [0.29, 0.717) is 11.8 Å². The first-order valence-corrected chi connectivity index (χ1v) is 7.05. The monoisotopic (exact) mass is 255 g/mol. The third-order valence-electron chi connectivity index (χ3n) is 3.54. The summed E-state index contributed by atoms with van der Waals surface area (Å²) in [5.41, 5.74) is 0. The van der Waals surface area contributed by atoms with Crippen molar-refractivity contribution in [3.05, 3.63) is 0 Å². The largest absolute Gasteiger partial charge is 0.325 e. The van der Waals surface area contributed by atoms with E-state index in [1.807, 2.05) is 4.90 Å². The second-order valence-corrected chi connectivity index (χ2v) is 6.27. The Morgan fingerprint density at radius 1 is 1.22 bits per heavy atom. The topological polar surface area (TPSA) is 35.6 Å². The smallest absolute Gasteiger partial charge is 0.241 e. The zero-order valence-corrected chi connectivity index (χ0v) is 12.7. The van der Waals surface area contributed by atoms with Crippen molar-refractivity contribution in [2.75, 3.05) is 27.2 Å². The fourth-order valence-electron chi connectivity index (χ4n) is 2.50. The van der Waals surface area contributed by atoms with E-state index in [9.17, 15) is 4.79 Å². The summed E-state index contributed by atoms with van der Waals surface area (Å²) in [5.74, 6) is 1.09. The van der Waals surface area contributed by atoms with E-state index < -0.39 is 0 Å². The van der Waals surface area contributed by atoms with E-state index in [4.69, 9.17) is 0 Å². The molecule has 1 heterocycles. The van der Waals surface area contributed by atoms with Gasteiger partial charge >= 0.3 is 0 Å². The number of carbonyl (C=O) groups is 1. The van der Waals surface area contributed by atoms with Gasteiger partial charge in [0.05, 0.1) is 12.2 Å². The van der Waals surface area contributed by atoms with E-state index >= 15 is 0 Å². The summed E-state index contributed by atoms with van der Waals surface area (Å²) in [4.78, 5) is 16.6. The molecule has 0 aromatic rings. The molecule has 1 N–H and O–H groups in total. The van der Waals surface area contributed by atoms with Crippen molar-refractivity contribution >= 4 is 5.91 Å². The molecule has 0 aliphatic carbocycles. The number of amides is 1. The highest BCUT2D eigenvalue weighted by atomic mass is 16.2. The highest BCUT2D eigenvalue weighted by Gasteiger charge is 2.40. The Bertz CT molecular complexity index is 276. The summed E-state index contributed by atoms with van der Waals surface area (Å²) in [6.07, 6.45) is 1.24. The standard InChI is InChI=1S/C14H29N3O/c1-10(2)12-14(18)17(9-7-8-16(5)6)13(15-12)11(3)4/h10-13,15H,7-9H2,1-6H3. The third-order valence-corrected chi connectivity index (χ3v) is 3.54. The molecule has 1 fully saturated rings. The minimum Gasteiger partial charge on any atom is -0.325 e. The average molecular weight is 255 g/mol. The van der Waals surface area contributed by atoms with E-state index in [0.717, 1.165) is 19.5 Å². The van der Waals surface area contributed by atoms with E-state index in [1.54, 1.807) is 0 Å². The zero-order valence-electron chi connectivity index (χ0n) is 12.7. The van der Waals surface area contributed by atoms with Crippen LogP contribution in [0, 0.1) is 11.8 Å². The van der Waals surface area contributed by atoms with Crippen molar-refractivity contribution in [2.45, 2.75) is 46.3 Å². The van der Waals surface area contributed by atoms with E-state index in [-0.39, 0.29) is 18.1 Å². The van der Waals surface area contributed by atoms with Crippen molar-refractivity contribution in [2.24, 2.45) is 11.8 Å². The Morgan fingerprint density at radius 2 is 1.83 bits per heavy atom. The lowest BCUT2D eigenvalue weighted by Crippen LogP contribution is -2.42. The maximum Gasteiger partial charge on any atom is 0.241 e. The molecule has 1 aliphatic rings. The minimum atomic E-state index is -0.00300. The second kappa shape index (κ2) is 6.53. The molecule has 18 heavy (non-hydrogen) atoms. The molecule has 4 nitrogen and oxygen atoms in total. The quantitative estimate of drug-likeness (QED) is 0.779. The molecular formula is C14H29N3O. The predicted molar refractivity (Wildman–Crippen MR) is 75.3 cm³/mol. The van der Waals surface area contributed by atoms with Gasteiger partial charge in [0, 0.05) is 6.54 Å². The zero-order chi connectivity index (χ0) is 13.9. The van der Waals surface area contributed by atoms with Crippen LogP contribution in [0.5, 0.6) is 0 Å². The lowest BCUT2D eigenvalue weighted by Gasteiger charge is -2.27. The maximum absolute atomic E-state index is 12.4. The number of hydrogen-bond donors (Lipinski definition) is 1. The van der Waals surface area contributed by atoms with Crippen LogP contribution in [0.1, 0.15) is 34.1 Å². The molecule has 0 radical (unpaired) electrons. The van der Waals surface area contributed by atoms with Crippen LogP contribution in [0.2, 0.25) is 0 Å². The van der Waals surface area contributed by atoms with Gasteiger partial charge in [0.25, 0.3) is 0 Å². The normalized spacial score (nSPS) is 24.9. The molecular weight excluding hydrogens is 226 g/mol. The number of nitrogens with one attached hydrogen (secondary N) is 1. The first-order valence-electron chi connectivity index (χ1n) is 7.05. The Hall–Kier alpha value is -0.610. The van der Waals surface area contributed by atoms with Gasteiger partial charge in [-0.05, 0) is 38.9 Å². The molecule has 0 aromatic heterocycles. The van der Waals surface area contributed by atoms with Gasteiger partial charge in [0.2, 0.25) is 5.91 Å². The van der Waals surface area contributed by atoms with Gasteiger partial charge in [-0.3, -0.25) is 10.1 Å². The second-order valence-electron chi connectivity index (χ2n) is 6.27. The maximum atomic E-state index is 12.4. The van der Waals surface area contributed by atoms with Crippen LogP contribution in [-0.2, 0) is 4.79 Å². The molecule has 0 bridgehead atoms. The first kappa shape index (κ1) is 15.4. The molecule has 1 aliphatic heterocycles. The molecule has 2 atom stereocenters. The van der Waals surface area contributed by atoms with Crippen LogP contribution in [0.25, 0.3) is 0 Å². The summed E-state index contributed by atoms with van der Waals surface area (Å²) < 4.78 is 0. The summed E-state index contributed by atoms with van der Waals surface area (Å²) >= 11 is 0. The fourth-order valence-corrected chi connectivity index (χ4v) is 2.50. The summed E-state index contributed by atoms with van der Waals surface area (Å²) in [5, 5.41) is 3.49. The molecule has 4 heteroatoms. The van der Waals surface area contributed by atoms with Gasteiger partial charge in [-0.2, -0.15) is 0 Å². The highest BCUT2D eigenvalue weighted by molar-refractivity contribution is 5.84. The number of rotatable bonds is 6. The molecule has 0 aromatic carbocycles. The van der Waals surface area contributed by atoms with Crippen LogP contribution in [0.15, 0.2) is 0 Å². The van der Waals surface area contributed by atoms with Gasteiger partial charge in [0.1, 0.15) is 0 Å². The Labute approximate surface area is 112 Å². The lowest BCUT2D eigenvalue weighted by atomic mass is 10.0. The Balaban J connectivity index is 2.63. The SMILES string of the molecule is CC(C)C1NC(C(C)C)N(CCCN(C)C)C1=O. The van der Waals surface area contributed by atoms with E-state index in [2.05, 4.69) is 52.0 Å².